The van der Waals surface area contributed by atoms with Crippen molar-refractivity contribution in [3.05, 3.63) is 65.4 Å². The van der Waals surface area contributed by atoms with E-state index in [1.165, 1.54) is 23.3 Å². The first-order chi connectivity index (χ1) is 15.1. The van der Waals surface area contributed by atoms with Crippen molar-refractivity contribution in [3.8, 4) is 21.8 Å². The molecular weight excluding hydrogens is 416 g/mol. The summed E-state index contributed by atoms with van der Waals surface area (Å²) in [7, 11) is 1.27. The number of aromatic nitrogens is 2. The lowest BCUT2D eigenvalue weighted by Gasteiger charge is -2.15. The summed E-state index contributed by atoms with van der Waals surface area (Å²) < 4.78 is 4.82. The highest BCUT2D eigenvalue weighted by Crippen LogP contribution is 2.30. The van der Waals surface area contributed by atoms with E-state index in [-0.39, 0.29) is 36.9 Å². The van der Waals surface area contributed by atoms with Crippen LogP contribution in [0.3, 0.4) is 0 Å². The van der Waals surface area contributed by atoms with Gasteiger partial charge >= 0.3 is 5.97 Å². The number of pyridine rings is 1. The maximum Gasteiger partial charge on any atom is 0.337 e. The summed E-state index contributed by atoms with van der Waals surface area (Å²) in [6.45, 7) is 0.0428. The van der Waals surface area contributed by atoms with E-state index in [1.807, 2.05) is 41.8 Å². The fraction of sp³-hybridized carbons (Fsp3) is 0.182. The van der Waals surface area contributed by atoms with Gasteiger partial charge in [0.15, 0.2) is 0 Å². The van der Waals surface area contributed by atoms with E-state index in [0.29, 0.717) is 5.69 Å². The van der Waals surface area contributed by atoms with Gasteiger partial charge in [-0.2, -0.15) is 0 Å². The third-order valence-corrected chi connectivity index (χ3v) is 5.69. The van der Waals surface area contributed by atoms with Gasteiger partial charge in [0.05, 0.1) is 31.5 Å². The number of methoxy groups -OCH3 is 1. The van der Waals surface area contributed by atoms with E-state index in [4.69, 9.17) is 9.72 Å². The van der Waals surface area contributed by atoms with Crippen LogP contribution in [0.1, 0.15) is 0 Å². The van der Waals surface area contributed by atoms with E-state index < -0.39 is 5.97 Å². The lowest BCUT2D eigenvalue weighted by molar-refractivity contribution is -0.136. The lowest BCUT2D eigenvalue weighted by Crippen LogP contribution is -2.31. The highest BCUT2D eigenvalue weighted by molar-refractivity contribution is 7.13. The molecule has 3 aromatic rings. The first kappa shape index (κ1) is 20.7. The quantitative estimate of drug-likeness (QED) is 0.549. The number of benzene rings is 1. The number of hydrogen-bond donors (Lipinski definition) is 2. The molecule has 0 saturated heterocycles. The second-order valence-electron chi connectivity index (χ2n) is 6.78. The molecule has 1 aliphatic rings. The molecule has 0 unspecified atom stereocenters. The second-order valence-corrected chi connectivity index (χ2v) is 7.64. The molecular formula is C22H20N4O4S. The zero-order valence-corrected chi connectivity index (χ0v) is 17.6. The molecule has 0 atom stereocenters. The average molecular weight is 436 g/mol. The number of carbonyl (C=O) groups is 2. The van der Waals surface area contributed by atoms with E-state index in [0.717, 1.165) is 21.8 Å². The Balaban J connectivity index is 1.60. The van der Waals surface area contributed by atoms with Crippen molar-refractivity contribution in [3.63, 3.8) is 0 Å². The Morgan fingerprint density at radius 2 is 2.13 bits per heavy atom. The van der Waals surface area contributed by atoms with Crippen LogP contribution in [0.2, 0.25) is 0 Å². The van der Waals surface area contributed by atoms with Gasteiger partial charge in [0.1, 0.15) is 10.7 Å². The number of nitrogens with zero attached hydrogens (tertiary/aromatic N) is 3. The van der Waals surface area contributed by atoms with Gasteiger partial charge in [0.2, 0.25) is 0 Å². The number of ether oxygens (including phenoxy) is 1. The molecule has 0 spiro atoms. The molecule has 1 aromatic carbocycles. The first-order valence-corrected chi connectivity index (χ1v) is 10.4. The summed E-state index contributed by atoms with van der Waals surface area (Å²) in [5.74, 6) is -0.930. The van der Waals surface area contributed by atoms with Crippen LogP contribution in [0.15, 0.2) is 65.4 Å². The van der Waals surface area contributed by atoms with Crippen LogP contribution in [-0.2, 0) is 14.3 Å². The number of thiazole rings is 1. The zero-order valence-electron chi connectivity index (χ0n) is 16.7. The molecule has 31 heavy (non-hydrogen) atoms. The number of amides is 1. The predicted molar refractivity (Wildman–Crippen MR) is 117 cm³/mol. The molecule has 0 saturated carbocycles. The van der Waals surface area contributed by atoms with Gasteiger partial charge in [-0.3, -0.25) is 9.78 Å². The van der Waals surface area contributed by atoms with Crippen molar-refractivity contribution in [2.75, 3.05) is 32.1 Å². The predicted octanol–water partition coefficient (Wildman–Crippen LogP) is 2.55. The molecule has 0 radical (unpaired) electrons. The number of aliphatic hydroxyl groups is 1. The third kappa shape index (κ3) is 4.32. The van der Waals surface area contributed by atoms with Crippen molar-refractivity contribution in [1.29, 1.82) is 0 Å². The van der Waals surface area contributed by atoms with Gasteiger partial charge < -0.3 is 20.1 Å². The molecule has 0 aliphatic carbocycles. The highest BCUT2D eigenvalue weighted by Gasteiger charge is 2.34. The number of esters is 1. The van der Waals surface area contributed by atoms with E-state index in [1.54, 1.807) is 12.4 Å². The summed E-state index contributed by atoms with van der Waals surface area (Å²) in [6, 6.07) is 11.3. The second kappa shape index (κ2) is 9.07. The third-order valence-electron chi connectivity index (χ3n) is 4.79. The van der Waals surface area contributed by atoms with Crippen LogP contribution in [-0.4, -0.2) is 58.7 Å². The Hall–Kier alpha value is -3.56. The van der Waals surface area contributed by atoms with Crippen LogP contribution in [0.5, 0.6) is 0 Å². The van der Waals surface area contributed by atoms with Gasteiger partial charge in [-0.05, 0) is 24.3 Å². The molecule has 1 aliphatic heterocycles. The molecule has 0 fully saturated rings. The number of β-amino-alcohol motifs (C(OH)–C–C–N with tert-alkyl or cyclic N) is 1. The van der Waals surface area contributed by atoms with Crippen LogP contribution >= 0.6 is 11.3 Å². The Morgan fingerprint density at radius 1 is 1.29 bits per heavy atom. The fourth-order valence-corrected chi connectivity index (χ4v) is 4.10. The molecule has 3 heterocycles. The van der Waals surface area contributed by atoms with Gasteiger partial charge in [0.25, 0.3) is 5.91 Å². The summed E-state index contributed by atoms with van der Waals surface area (Å²) in [5, 5.41) is 15.1. The number of nitrogens with one attached hydrogen (secondary N) is 1. The van der Waals surface area contributed by atoms with Gasteiger partial charge in [-0.15, -0.1) is 11.3 Å². The molecule has 2 aromatic heterocycles. The topological polar surface area (TPSA) is 105 Å². The van der Waals surface area contributed by atoms with Crippen LogP contribution < -0.4 is 5.32 Å². The molecule has 0 bridgehead atoms. The number of carbonyl (C=O) groups excluding carboxylic acids is 2. The van der Waals surface area contributed by atoms with Crippen molar-refractivity contribution in [1.82, 2.24) is 14.9 Å². The average Bonchev–Trinajstić information content (AvgIpc) is 3.41. The maximum absolute atomic E-state index is 12.7. The Kier molecular flexibility index (Phi) is 6.06. The minimum atomic E-state index is -0.576. The zero-order chi connectivity index (χ0) is 21.8. The smallest absolute Gasteiger partial charge is 0.337 e. The number of hydrogen-bond acceptors (Lipinski definition) is 8. The lowest BCUT2D eigenvalue weighted by atomic mass is 10.1. The minimum Gasteiger partial charge on any atom is -0.466 e. The SMILES string of the molecule is COC(=O)C1=C(Nc2cccc(-c3csc(-c4cccnc4)n3)c2)C(=O)N(CCO)C1. The molecule has 158 valence electrons. The van der Waals surface area contributed by atoms with Crippen molar-refractivity contribution >= 4 is 28.9 Å². The summed E-state index contributed by atoms with van der Waals surface area (Å²) in [5.41, 5.74) is 3.65. The molecule has 9 heteroatoms. The Morgan fingerprint density at radius 3 is 2.87 bits per heavy atom. The van der Waals surface area contributed by atoms with Gasteiger partial charge in [-0.25, -0.2) is 9.78 Å². The number of rotatable bonds is 7. The Labute approximate surface area is 182 Å². The van der Waals surface area contributed by atoms with Crippen LogP contribution in [0.25, 0.3) is 21.8 Å². The van der Waals surface area contributed by atoms with E-state index >= 15 is 0 Å². The van der Waals surface area contributed by atoms with E-state index in [9.17, 15) is 14.7 Å². The standard InChI is InChI=1S/C22H20N4O4S/c1-30-22(29)17-12-26(8-9-27)21(28)19(17)24-16-6-2-4-14(10-16)18-13-31-20(25-18)15-5-3-7-23-11-15/h2-7,10-11,13,24,27H,8-9,12H2,1H3. The molecule has 4 rings (SSSR count). The number of aliphatic hydroxyl groups excluding tert-OH is 1. The Bertz CT molecular complexity index is 1140. The van der Waals surface area contributed by atoms with Gasteiger partial charge in [-0.1, -0.05) is 12.1 Å². The fourth-order valence-electron chi connectivity index (χ4n) is 3.28. The van der Waals surface area contributed by atoms with Crippen LogP contribution in [0.4, 0.5) is 5.69 Å². The van der Waals surface area contributed by atoms with Crippen LogP contribution in [0, 0.1) is 0 Å². The summed E-state index contributed by atoms with van der Waals surface area (Å²) in [4.78, 5) is 35.1. The normalized spacial score (nSPS) is 13.6. The molecule has 1 amide bonds. The van der Waals surface area contributed by atoms with Gasteiger partial charge in [0, 0.05) is 41.1 Å². The summed E-state index contributed by atoms with van der Waals surface area (Å²) in [6.07, 6.45) is 3.49. The van der Waals surface area contributed by atoms with E-state index in [2.05, 4.69) is 10.3 Å². The molecule has 8 nitrogen and oxygen atoms in total. The van der Waals surface area contributed by atoms with Crippen molar-refractivity contribution in [2.24, 2.45) is 0 Å². The monoisotopic (exact) mass is 436 g/mol. The largest absolute Gasteiger partial charge is 0.466 e. The maximum atomic E-state index is 12.7. The van der Waals surface area contributed by atoms with Crippen molar-refractivity contribution < 1.29 is 19.4 Å². The van der Waals surface area contributed by atoms with Crippen molar-refractivity contribution in [2.45, 2.75) is 0 Å². The minimum absolute atomic E-state index is 0.0919. The number of anilines is 1. The first-order valence-electron chi connectivity index (χ1n) is 9.55. The summed E-state index contributed by atoms with van der Waals surface area (Å²) >= 11 is 1.52. The molecule has 2 N–H and O–H groups in total. The highest BCUT2D eigenvalue weighted by atomic mass is 32.1.